The summed E-state index contributed by atoms with van der Waals surface area (Å²) in [6.45, 7) is 0.212. The first-order valence-electron chi connectivity index (χ1n) is 3.23. The molecule has 0 aromatic rings. The minimum absolute atomic E-state index is 0.212. The maximum atomic E-state index is 9.19. The van der Waals surface area contributed by atoms with Crippen LogP contribution in [0, 0.1) is 0 Å². The number of quaternary nitrogens is 1. The van der Waals surface area contributed by atoms with Gasteiger partial charge in [-0.1, -0.05) is 11.6 Å². The zero-order chi connectivity index (χ0) is 8.36. The van der Waals surface area contributed by atoms with Crippen molar-refractivity contribution >= 4 is 11.6 Å². The summed E-state index contributed by atoms with van der Waals surface area (Å²) in [5.41, 5.74) is 4.90. The van der Waals surface area contributed by atoms with E-state index in [0.717, 1.165) is 0 Å². The van der Waals surface area contributed by atoms with Crippen LogP contribution in [0.15, 0.2) is 0 Å². The molecule has 0 rings (SSSR count). The Morgan fingerprint density at radius 3 is 2.00 bits per heavy atom. The first-order valence-corrected chi connectivity index (χ1v) is 3.66. The lowest BCUT2D eigenvalue weighted by Gasteiger charge is -2.31. The van der Waals surface area contributed by atoms with Crippen molar-refractivity contribution in [2.75, 3.05) is 27.7 Å². The van der Waals surface area contributed by atoms with Gasteiger partial charge in [-0.25, -0.2) is 0 Å². The van der Waals surface area contributed by atoms with Crippen molar-refractivity contribution in [1.29, 1.82) is 0 Å². The van der Waals surface area contributed by atoms with Crippen LogP contribution in [0.1, 0.15) is 0 Å². The van der Waals surface area contributed by atoms with Crippen molar-refractivity contribution < 1.29 is 9.59 Å². The van der Waals surface area contributed by atoms with Crippen LogP contribution in [-0.4, -0.2) is 48.9 Å². The van der Waals surface area contributed by atoms with Crippen molar-refractivity contribution in [1.82, 2.24) is 0 Å². The van der Waals surface area contributed by atoms with Gasteiger partial charge in [-0.2, -0.15) is 0 Å². The number of nitrogens with two attached hydrogens (primary N) is 1. The van der Waals surface area contributed by atoms with Gasteiger partial charge in [0.2, 0.25) is 0 Å². The normalized spacial score (nSPS) is 18.6. The average Bonchev–Trinajstić information content (AvgIpc) is 1.83. The lowest BCUT2D eigenvalue weighted by Crippen LogP contribution is -2.50. The topological polar surface area (TPSA) is 46.2 Å². The molecule has 2 unspecified atom stereocenters. The van der Waals surface area contributed by atoms with Crippen LogP contribution in [0.3, 0.4) is 0 Å². The van der Waals surface area contributed by atoms with Crippen molar-refractivity contribution in [2.24, 2.45) is 5.73 Å². The zero-order valence-electron chi connectivity index (χ0n) is 6.71. The number of hydrogen-bond acceptors (Lipinski definition) is 2. The van der Waals surface area contributed by atoms with Crippen LogP contribution >= 0.6 is 11.6 Å². The molecule has 0 spiro atoms. The fourth-order valence-corrected chi connectivity index (χ4v) is 0.731. The highest BCUT2D eigenvalue weighted by atomic mass is 35.5. The Labute approximate surface area is 67.0 Å². The first kappa shape index (κ1) is 10.2. The molecule has 0 amide bonds. The monoisotopic (exact) mass is 167 g/mol. The minimum atomic E-state index is -0.623. The molecule has 0 radical (unpaired) electrons. The van der Waals surface area contributed by atoms with E-state index >= 15 is 0 Å². The van der Waals surface area contributed by atoms with E-state index in [-0.39, 0.29) is 12.0 Å². The highest BCUT2D eigenvalue weighted by Crippen LogP contribution is 2.11. The lowest BCUT2D eigenvalue weighted by atomic mass is 10.3. The third-order valence-electron chi connectivity index (χ3n) is 1.30. The second kappa shape index (κ2) is 3.53. The molecule has 3 N–H and O–H groups in total. The van der Waals surface area contributed by atoms with E-state index in [9.17, 15) is 5.11 Å². The van der Waals surface area contributed by atoms with Gasteiger partial charge in [-0.05, 0) is 0 Å². The van der Waals surface area contributed by atoms with Crippen LogP contribution in [0.4, 0.5) is 0 Å². The number of aliphatic hydroxyl groups excluding tert-OH is 1. The molecule has 2 atom stereocenters. The van der Waals surface area contributed by atoms with Crippen LogP contribution in [0.2, 0.25) is 0 Å². The molecule has 0 heterocycles. The van der Waals surface area contributed by atoms with Crippen LogP contribution in [0.25, 0.3) is 0 Å². The predicted molar refractivity (Wildman–Crippen MR) is 42.7 cm³/mol. The second-order valence-corrected chi connectivity index (χ2v) is 3.74. The maximum absolute atomic E-state index is 9.19. The van der Waals surface area contributed by atoms with Crippen molar-refractivity contribution in [3.8, 4) is 0 Å². The smallest absolute Gasteiger partial charge is 0.191 e. The summed E-state index contributed by atoms with van der Waals surface area (Å²) >= 11 is 5.85. The maximum Gasteiger partial charge on any atom is 0.191 e. The quantitative estimate of drug-likeness (QED) is 0.341. The Bertz CT molecular complexity index is 102. The summed E-state index contributed by atoms with van der Waals surface area (Å²) in [6.07, 6.45) is -0.623. The lowest BCUT2D eigenvalue weighted by molar-refractivity contribution is -0.885. The number of halogens is 1. The molecule has 10 heavy (non-hydrogen) atoms. The summed E-state index contributed by atoms with van der Waals surface area (Å²) < 4.78 is 0.514. The van der Waals surface area contributed by atoms with Gasteiger partial charge in [-0.3, -0.25) is 0 Å². The van der Waals surface area contributed by atoms with Gasteiger partial charge in [-0.15, -0.1) is 0 Å². The van der Waals surface area contributed by atoms with E-state index in [0.29, 0.717) is 4.48 Å². The zero-order valence-corrected chi connectivity index (χ0v) is 7.47. The van der Waals surface area contributed by atoms with E-state index in [1.807, 2.05) is 21.1 Å². The van der Waals surface area contributed by atoms with E-state index in [2.05, 4.69) is 0 Å². The van der Waals surface area contributed by atoms with Gasteiger partial charge in [0.05, 0.1) is 21.1 Å². The Kier molecular flexibility index (Phi) is 3.59. The summed E-state index contributed by atoms with van der Waals surface area (Å²) in [6, 6.07) is 0. The Balaban J connectivity index is 3.94. The standard InChI is InChI=1S/C6H16ClN2O/c1-9(2,3)6(7)5(10)4-8/h5-6,10H,4,8H2,1-3H3/q+1. The van der Waals surface area contributed by atoms with E-state index in [1.165, 1.54) is 0 Å². The number of nitrogens with zero attached hydrogens (tertiary/aromatic N) is 1. The van der Waals surface area contributed by atoms with Crippen LogP contribution in [-0.2, 0) is 0 Å². The molecular weight excluding hydrogens is 152 g/mol. The third-order valence-corrected chi connectivity index (χ3v) is 2.18. The molecule has 62 valence electrons. The number of alkyl halides is 1. The molecule has 0 aliphatic rings. The first-order chi connectivity index (χ1) is 4.39. The van der Waals surface area contributed by atoms with Crippen molar-refractivity contribution in [3.05, 3.63) is 0 Å². The molecule has 0 aromatic heterocycles. The molecule has 0 aliphatic carbocycles. The van der Waals surface area contributed by atoms with E-state index < -0.39 is 6.10 Å². The van der Waals surface area contributed by atoms with Gasteiger partial charge in [0.25, 0.3) is 0 Å². The molecular formula is C6H16ClN2O+. The summed E-state index contributed by atoms with van der Waals surface area (Å²) in [5.74, 6) is 0. The van der Waals surface area contributed by atoms with Gasteiger partial charge in [0.15, 0.2) is 5.50 Å². The molecule has 0 bridgehead atoms. The average molecular weight is 168 g/mol. The van der Waals surface area contributed by atoms with Crippen LogP contribution in [0.5, 0.6) is 0 Å². The van der Waals surface area contributed by atoms with E-state index in [4.69, 9.17) is 17.3 Å². The molecule has 4 heteroatoms. The summed E-state index contributed by atoms with van der Waals surface area (Å²) in [5, 5.41) is 9.19. The highest BCUT2D eigenvalue weighted by Gasteiger charge is 2.27. The van der Waals surface area contributed by atoms with Crippen LogP contribution < -0.4 is 5.73 Å². The molecule has 0 fully saturated rings. The third kappa shape index (κ3) is 2.84. The van der Waals surface area contributed by atoms with Gasteiger partial charge >= 0.3 is 0 Å². The van der Waals surface area contributed by atoms with Crippen molar-refractivity contribution in [3.63, 3.8) is 0 Å². The number of aliphatic hydroxyl groups is 1. The summed E-state index contributed by atoms with van der Waals surface area (Å²) in [7, 11) is 5.74. The molecule has 0 saturated carbocycles. The molecule has 0 saturated heterocycles. The van der Waals surface area contributed by atoms with Crippen molar-refractivity contribution in [2.45, 2.75) is 11.6 Å². The summed E-state index contributed by atoms with van der Waals surface area (Å²) in [4.78, 5) is 0. The molecule has 0 aliphatic heterocycles. The number of rotatable bonds is 3. The van der Waals surface area contributed by atoms with Gasteiger partial charge in [0, 0.05) is 6.54 Å². The number of hydrogen-bond donors (Lipinski definition) is 2. The second-order valence-electron chi connectivity index (χ2n) is 3.29. The Morgan fingerprint density at radius 2 is 1.90 bits per heavy atom. The highest BCUT2D eigenvalue weighted by molar-refractivity contribution is 6.20. The van der Waals surface area contributed by atoms with Gasteiger partial charge in [0.1, 0.15) is 6.10 Å². The van der Waals surface area contributed by atoms with E-state index in [1.54, 1.807) is 0 Å². The SMILES string of the molecule is C[N+](C)(C)C(Cl)C(O)CN. The Morgan fingerprint density at radius 1 is 1.50 bits per heavy atom. The fourth-order valence-electron chi connectivity index (χ4n) is 0.629. The minimum Gasteiger partial charge on any atom is -0.384 e. The van der Waals surface area contributed by atoms with Gasteiger partial charge < -0.3 is 15.3 Å². The molecule has 3 nitrogen and oxygen atoms in total. The largest absolute Gasteiger partial charge is 0.384 e. The molecule has 0 aromatic carbocycles. The Hall–Kier alpha value is 0.170. The predicted octanol–water partition coefficient (Wildman–Crippen LogP) is -0.423. The number of likely N-dealkylation sites (N-methyl/N-ethyl adjacent to an activating group) is 1. The fraction of sp³-hybridized carbons (Fsp3) is 1.00.